The average Bonchev–Trinajstić information content (AvgIpc) is 2.50. The molecule has 0 radical (unpaired) electrons. The van der Waals surface area contributed by atoms with E-state index in [1.807, 2.05) is 0 Å². The van der Waals surface area contributed by atoms with Gasteiger partial charge in [0.05, 0.1) is 15.8 Å². The lowest BCUT2D eigenvalue weighted by atomic mass is 10.1. The first-order chi connectivity index (χ1) is 12.5. The van der Waals surface area contributed by atoms with E-state index in [0.717, 1.165) is 0 Å². The van der Waals surface area contributed by atoms with Crippen molar-refractivity contribution >= 4 is 15.8 Å². The Morgan fingerprint density at radius 1 is 0.393 bits per heavy atom. The van der Waals surface area contributed by atoms with Gasteiger partial charge in [-0.3, -0.25) is 18.7 Å². The van der Waals surface area contributed by atoms with E-state index in [0.29, 0.717) is 0 Å². The lowest BCUT2D eigenvalue weighted by Gasteiger charge is -2.63. The second kappa shape index (κ2) is 8.33. The third-order valence-corrected chi connectivity index (χ3v) is 14.4. The smallest absolute Gasteiger partial charge is 0.0985 e. The lowest BCUT2D eigenvalue weighted by Crippen LogP contribution is -2.56. The Morgan fingerprint density at radius 3 is 0.714 bits per heavy atom. The van der Waals surface area contributed by atoms with Gasteiger partial charge in [-0.15, -0.1) is 0 Å². The van der Waals surface area contributed by atoms with E-state index in [4.69, 9.17) is 0 Å². The van der Waals surface area contributed by atoms with Gasteiger partial charge < -0.3 is 0 Å². The summed E-state index contributed by atoms with van der Waals surface area (Å²) in [6.45, 7) is 34.1. The molecule has 2 aliphatic rings. The van der Waals surface area contributed by atoms with Gasteiger partial charge in [0, 0.05) is 48.3 Å². The fourth-order valence-electron chi connectivity index (χ4n) is 4.16. The van der Waals surface area contributed by atoms with Crippen molar-refractivity contribution in [1.29, 1.82) is 0 Å². The van der Waals surface area contributed by atoms with Crippen molar-refractivity contribution in [3.8, 4) is 0 Å². The molecular formula is C22H48N4P2. The molecule has 4 nitrogen and oxygen atoms in total. The minimum Gasteiger partial charge on any atom is -0.259 e. The number of hydrogen-bond donors (Lipinski definition) is 0. The maximum absolute atomic E-state index is 2.89. The van der Waals surface area contributed by atoms with Gasteiger partial charge in [-0.25, -0.2) is 0 Å². The Kier molecular flexibility index (Phi) is 7.42. The topological polar surface area (TPSA) is 13.0 Å². The van der Waals surface area contributed by atoms with E-state index in [-0.39, 0.29) is 22.2 Å². The van der Waals surface area contributed by atoms with E-state index < -0.39 is 15.8 Å². The van der Waals surface area contributed by atoms with Gasteiger partial charge >= 0.3 is 0 Å². The SMILES string of the molecule is CC(C)(C)N1CCCN(C(C)(C)C)P1P1N(C(C)(C)C)CCCN1C(C)(C)C. The first-order valence-electron chi connectivity index (χ1n) is 11.2. The molecular weight excluding hydrogens is 382 g/mol. The molecule has 0 unspecified atom stereocenters. The van der Waals surface area contributed by atoms with Crippen LogP contribution in [0.4, 0.5) is 0 Å². The predicted molar refractivity (Wildman–Crippen MR) is 129 cm³/mol. The Balaban J connectivity index is 2.64. The van der Waals surface area contributed by atoms with Crippen molar-refractivity contribution in [2.24, 2.45) is 0 Å². The monoisotopic (exact) mass is 430 g/mol. The van der Waals surface area contributed by atoms with E-state index in [9.17, 15) is 0 Å². The largest absolute Gasteiger partial charge is 0.259 e. The summed E-state index contributed by atoms with van der Waals surface area (Å²) in [7, 11) is -0.833. The maximum Gasteiger partial charge on any atom is 0.0985 e. The highest BCUT2D eigenvalue weighted by atomic mass is 32.1. The van der Waals surface area contributed by atoms with Crippen LogP contribution < -0.4 is 0 Å². The molecule has 0 aromatic heterocycles. The van der Waals surface area contributed by atoms with E-state index in [1.54, 1.807) is 0 Å². The summed E-state index contributed by atoms with van der Waals surface area (Å²) in [6.07, 6.45) is 2.56. The van der Waals surface area contributed by atoms with Crippen LogP contribution in [0.1, 0.15) is 95.9 Å². The van der Waals surface area contributed by atoms with E-state index in [1.165, 1.54) is 39.0 Å². The zero-order chi connectivity index (χ0) is 21.7. The maximum atomic E-state index is 2.89. The summed E-state index contributed by atoms with van der Waals surface area (Å²) in [5.41, 5.74) is 0.788. The van der Waals surface area contributed by atoms with Crippen LogP contribution in [-0.4, -0.2) is 67.0 Å². The Labute approximate surface area is 179 Å². The van der Waals surface area contributed by atoms with Crippen molar-refractivity contribution in [2.45, 2.75) is 118 Å². The highest BCUT2D eigenvalue weighted by molar-refractivity contribution is 8.25. The summed E-state index contributed by atoms with van der Waals surface area (Å²) in [4.78, 5) is 0. The van der Waals surface area contributed by atoms with Crippen LogP contribution in [0, 0.1) is 0 Å². The first-order valence-corrected chi connectivity index (χ1v) is 14.4. The molecule has 2 heterocycles. The van der Waals surface area contributed by atoms with Crippen molar-refractivity contribution in [1.82, 2.24) is 18.7 Å². The van der Waals surface area contributed by atoms with Gasteiger partial charge in [0.25, 0.3) is 0 Å². The molecule has 0 N–H and O–H groups in total. The third kappa shape index (κ3) is 5.49. The molecule has 0 bridgehead atoms. The molecule has 2 aliphatic heterocycles. The van der Waals surface area contributed by atoms with Crippen LogP contribution >= 0.6 is 15.8 Å². The average molecular weight is 431 g/mol. The lowest BCUT2D eigenvalue weighted by molar-refractivity contribution is 0.154. The summed E-state index contributed by atoms with van der Waals surface area (Å²) in [5.74, 6) is 0. The van der Waals surface area contributed by atoms with E-state index in [2.05, 4.69) is 102 Å². The van der Waals surface area contributed by atoms with Crippen LogP contribution in [0.2, 0.25) is 0 Å². The Hall–Kier alpha value is 0.700. The number of nitrogens with zero attached hydrogens (tertiary/aromatic N) is 4. The summed E-state index contributed by atoms with van der Waals surface area (Å²) in [6, 6.07) is 0. The van der Waals surface area contributed by atoms with Crippen molar-refractivity contribution < 1.29 is 0 Å². The predicted octanol–water partition coefficient (Wildman–Crippen LogP) is 6.73. The molecule has 0 atom stereocenters. The number of rotatable bonds is 1. The quantitative estimate of drug-likeness (QED) is 0.427. The molecule has 2 fully saturated rings. The highest BCUT2D eigenvalue weighted by Gasteiger charge is 2.52. The molecule has 2 saturated heterocycles. The molecule has 0 amide bonds. The fraction of sp³-hybridized carbons (Fsp3) is 1.00. The fourth-order valence-corrected chi connectivity index (χ4v) is 15.5. The van der Waals surface area contributed by atoms with Gasteiger partial charge in [0.15, 0.2) is 0 Å². The Bertz CT molecular complexity index is 433. The second-order valence-corrected chi connectivity index (χ2v) is 17.6. The molecule has 0 saturated carbocycles. The van der Waals surface area contributed by atoms with Gasteiger partial charge in [0.2, 0.25) is 0 Å². The zero-order valence-corrected chi connectivity index (χ0v) is 22.7. The van der Waals surface area contributed by atoms with Gasteiger partial charge in [0.1, 0.15) is 0 Å². The van der Waals surface area contributed by atoms with Gasteiger partial charge in [-0.1, -0.05) is 0 Å². The molecule has 0 aliphatic carbocycles. The molecule has 0 aromatic rings. The first kappa shape index (κ1) is 25.0. The molecule has 28 heavy (non-hydrogen) atoms. The van der Waals surface area contributed by atoms with Crippen molar-refractivity contribution in [3.63, 3.8) is 0 Å². The van der Waals surface area contributed by atoms with Gasteiger partial charge in [-0.2, -0.15) is 0 Å². The molecule has 0 aromatic carbocycles. The normalized spacial score (nSPS) is 24.9. The van der Waals surface area contributed by atoms with Crippen LogP contribution in [0.5, 0.6) is 0 Å². The van der Waals surface area contributed by atoms with Crippen molar-refractivity contribution in [2.75, 3.05) is 26.2 Å². The summed E-state index contributed by atoms with van der Waals surface area (Å²) in [5, 5.41) is 0. The highest BCUT2D eigenvalue weighted by Crippen LogP contribution is 2.81. The summed E-state index contributed by atoms with van der Waals surface area (Å²) >= 11 is 0. The van der Waals surface area contributed by atoms with Crippen molar-refractivity contribution in [3.05, 3.63) is 0 Å². The third-order valence-electron chi connectivity index (χ3n) is 5.60. The molecule has 0 spiro atoms. The second-order valence-electron chi connectivity index (χ2n) is 12.4. The van der Waals surface area contributed by atoms with Gasteiger partial charge in [-0.05, 0) is 95.9 Å². The van der Waals surface area contributed by atoms with Crippen LogP contribution in [0.3, 0.4) is 0 Å². The number of hydrogen-bond acceptors (Lipinski definition) is 4. The molecule has 6 heteroatoms. The van der Waals surface area contributed by atoms with Crippen LogP contribution in [0.25, 0.3) is 0 Å². The summed E-state index contributed by atoms with van der Waals surface area (Å²) < 4.78 is 11.6. The minimum atomic E-state index is -0.417. The standard InChI is InChI=1S/C22H48N4P2/c1-19(2,3)23-15-13-16-24(20(4,5)6)27(23)28-25(21(7,8)9)17-14-18-26(28)22(10,11)12/h13-18H2,1-12H3. The van der Waals surface area contributed by atoms with Crippen LogP contribution in [0.15, 0.2) is 0 Å². The molecule has 2 rings (SSSR count). The Morgan fingerprint density at radius 2 is 0.571 bits per heavy atom. The molecule has 166 valence electrons. The minimum absolute atomic E-state index is 0.197. The zero-order valence-electron chi connectivity index (χ0n) is 20.9. The van der Waals surface area contributed by atoms with E-state index >= 15 is 0 Å². The van der Waals surface area contributed by atoms with Crippen LogP contribution in [-0.2, 0) is 0 Å².